The lowest BCUT2D eigenvalue weighted by Crippen LogP contribution is -2.22. The number of hydrogen-bond acceptors (Lipinski definition) is 3. The molecule has 2 aliphatic carbocycles. The normalized spacial score (nSPS) is 27.9. The minimum absolute atomic E-state index is 0.0102. The highest BCUT2D eigenvalue weighted by atomic mass is 19.1. The van der Waals surface area contributed by atoms with Crippen LogP contribution in [0.1, 0.15) is 38.4 Å². The lowest BCUT2D eigenvalue weighted by Gasteiger charge is -2.15. The second kappa shape index (κ2) is 6.14. The molecular weight excluding hydrogens is 319 g/mol. The van der Waals surface area contributed by atoms with Gasteiger partial charge >= 0.3 is 0 Å². The Balaban J connectivity index is 1.37. The number of carbonyl (C=O) groups excluding carboxylic acids is 1. The molecule has 4 rings (SSSR count). The number of nitrogens with one attached hydrogen (secondary N) is 1. The van der Waals surface area contributed by atoms with Gasteiger partial charge in [0.2, 0.25) is 5.91 Å². The summed E-state index contributed by atoms with van der Waals surface area (Å²) in [5.41, 5.74) is 3.62. The van der Waals surface area contributed by atoms with Crippen molar-refractivity contribution in [1.29, 1.82) is 0 Å². The average molecular weight is 340 g/mol. The third kappa shape index (κ3) is 2.99. The molecule has 0 spiro atoms. The third-order valence-electron chi connectivity index (χ3n) is 5.74. The van der Waals surface area contributed by atoms with Crippen molar-refractivity contribution >= 4 is 12.1 Å². The monoisotopic (exact) mass is 340 g/mol. The maximum absolute atomic E-state index is 13.0. The van der Waals surface area contributed by atoms with Gasteiger partial charge in [0.05, 0.1) is 6.21 Å². The van der Waals surface area contributed by atoms with E-state index in [1.807, 2.05) is 0 Å². The topological polar surface area (TPSA) is 54.6 Å². The predicted molar refractivity (Wildman–Crippen MR) is 93.4 cm³/mol. The van der Waals surface area contributed by atoms with Gasteiger partial charge in [0.15, 0.2) is 0 Å². The molecule has 2 aromatic rings. The zero-order chi connectivity index (χ0) is 17.4. The number of carbonyl (C=O) groups is 1. The Hall–Kier alpha value is -2.43. The van der Waals surface area contributed by atoms with Crippen LogP contribution < -0.4 is 5.43 Å². The number of fused-ring (bicyclic) bond motifs is 1. The number of furan rings is 1. The molecule has 4 nitrogen and oxygen atoms in total. The molecular formula is C20H21FN2O2. The zero-order valence-electron chi connectivity index (χ0n) is 14.2. The van der Waals surface area contributed by atoms with Crippen LogP contribution in [0.15, 0.2) is 45.9 Å². The average Bonchev–Trinajstić information content (AvgIpc) is 2.96. The number of nitrogens with zero attached hydrogens (tertiary/aromatic N) is 1. The van der Waals surface area contributed by atoms with Crippen molar-refractivity contribution in [3.8, 4) is 11.3 Å². The summed E-state index contributed by atoms with van der Waals surface area (Å²) in [4.78, 5) is 12.3. The van der Waals surface area contributed by atoms with Crippen LogP contribution in [-0.2, 0) is 4.79 Å². The number of rotatable bonds is 4. The van der Waals surface area contributed by atoms with Crippen molar-refractivity contribution in [2.45, 2.75) is 32.6 Å². The summed E-state index contributed by atoms with van der Waals surface area (Å²) in [5.74, 6) is 1.52. The van der Waals surface area contributed by atoms with Crippen molar-refractivity contribution in [2.24, 2.45) is 22.4 Å². The number of hydrogen-bond donors (Lipinski definition) is 1. The second-order valence-electron chi connectivity index (χ2n) is 7.28. The molecule has 1 aromatic heterocycles. The molecule has 2 saturated carbocycles. The van der Waals surface area contributed by atoms with Crippen LogP contribution in [-0.4, -0.2) is 12.1 Å². The van der Waals surface area contributed by atoms with E-state index in [-0.39, 0.29) is 23.1 Å². The molecule has 25 heavy (non-hydrogen) atoms. The minimum atomic E-state index is -0.283. The van der Waals surface area contributed by atoms with E-state index in [4.69, 9.17) is 4.42 Å². The highest BCUT2D eigenvalue weighted by molar-refractivity contribution is 5.85. The van der Waals surface area contributed by atoms with Gasteiger partial charge in [0.1, 0.15) is 17.3 Å². The van der Waals surface area contributed by atoms with Crippen molar-refractivity contribution < 1.29 is 13.6 Å². The van der Waals surface area contributed by atoms with Crippen molar-refractivity contribution in [3.63, 3.8) is 0 Å². The predicted octanol–water partition coefficient (Wildman–Crippen LogP) is 4.36. The van der Waals surface area contributed by atoms with Crippen LogP contribution in [0.5, 0.6) is 0 Å². The molecule has 0 bridgehead atoms. The molecule has 0 unspecified atom stereocenters. The summed E-state index contributed by atoms with van der Waals surface area (Å²) in [7, 11) is 0. The molecule has 0 saturated heterocycles. The molecule has 1 N–H and O–H groups in total. The first-order valence-corrected chi connectivity index (χ1v) is 8.77. The Morgan fingerprint density at radius 1 is 1.28 bits per heavy atom. The number of hydrazone groups is 1. The van der Waals surface area contributed by atoms with Crippen LogP contribution in [0.4, 0.5) is 4.39 Å². The summed E-state index contributed by atoms with van der Waals surface area (Å²) in [6.07, 6.45) is 6.24. The quantitative estimate of drug-likeness (QED) is 0.664. The number of halogens is 1. The summed E-state index contributed by atoms with van der Waals surface area (Å²) in [5, 5.41) is 4.03. The Morgan fingerprint density at radius 3 is 2.80 bits per heavy atom. The van der Waals surface area contributed by atoms with E-state index in [1.54, 1.807) is 24.3 Å². The molecule has 3 atom stereocenters. The lowest BCUT2D eigenvalue weighted by atomic mass is 9.90. The molecule has 1 aromatic carbocycles. The fraction of sp³-hybridized carbons (Fsp3) is 0.400. The van der Waals surface area contributed by atoms with Crippen molar-refractivity contribution in [1.82, 2.24) is 5.43 Å². The smallest absolute Gasteiger partial charge is 0.244 e. The van der Waals surface area contributed by atoms with Crippen LogP contribution in [0.2, 0.25) is 0 Å². The summed E-state index contributed by atoms with van der Waals surface area (Å²) < 4.78 is 18.6. The molecule has 130 valence electrons. The number of benzene rings is 1. The molecule has 0 radical (unpaired) electrons. The van der Waals surface area contributed by atoms with E-state index in [1.165, 1.54) is 31.2 Å². The van der Waals surface area contributed by atoms with Crippen LogP contribution in [0, 0.1) is 23.1 Å². The van der Waals surface area contributed by atoms with Crippen LogP contribution in [0.25, 0.3) is 11.3 Å². The largest absolute Gasteiger partial charge is 0.455 e. The highest BCUT2D eigenvalue weighted by Gasteiger charge is 2.64. The number of amides is 1. The van der Waals surface area contributed by atoms with E-state index in [2.05, 4.69) is 17.5 Å². The summed E-state index contributed by atoms with van der Waals surface area (Å²) in [6.45, 7) is 2.21. The zero-order valence-corrected chi connectivity index (χ0v) is 14.2. The van der Waals surface area contributed by atoms with E-state index < -0.39 is 0 Å². The molecule has 0 aliphatic heterocycles. The van der Waals surface area contributed by atoms with Gasteiger partial charge < -0.3 is 4.42 Å². The van der Waals surface area contributed by atoms with E-state index >= 15 is 0 Å². The van der Waals surface area contributed by atoms with Gasteiger partial charge in [-0.15, -0.1) is 0 Å². The maximum Gasteiger partial charge on any atom is 0.244 e. The fourth-order valence-corrected chi connectivity index (χ4v) is 4.27. The Morgan fingerprint density at radius 2 is 2.08 bits per heavy atom. The molecule has 2 aliphatic rings. The van der Waals surface area contributed by atoms with Gasteiger partial charge in [0.25, 0.3) is 0 Å². The van der Waals surface area contributed by atoms with Gasteiger partial charge in [-0.1, -0.05) is 19.8 Å². The van der Waals surface area contributed by atoms with Gasteiger partial charge in [-0.05, 0) is 60.6 Å². The standard InChI is InChI=1S/C20H21FN2O2/c1-20-11-3-2-4-16(20)18(20)19(24)23-22-12-15-9-10-17(25-15)13-5-7-14(21)8-6-13/h5-10,12,16,18H,2-4,11H2,1H3,(H,23,24)/b22-12-/t16-,18-,20-/m0/s1. The first-order chi connectivity index (χ1) is 12.1. The van der Waals surface area contributed by atoms with Crippen LogP contribution >= 0.6 is 0 Å². The Kier molecular flexibility index (Phi) is 3.94. The van der Waals surface area contributed by atoms with Crippen molar-refractivity contribution in [3.05, 3.63) is 48.0 Å². The van der Waals surface area contributed by atoms with E-state index in [0.717, 1.165) is 18.4 Å². The first-order valence-electron chi connectivity index (χ1n) is 8.77. The van der Waals surface area contributed by atoms with Crippen molar-refractivity contribution in [2.75, 3.05) is 0 Å². The lowest BCUT2D eigenvalue weighted by molar-refractivity contribution is -0.123. The van der Waals surface area contributed by atoms with E-state index in [0.29, 0.717) is 17.4 Å². The van der Waals surface area contributed by atoms with Gasteiger partial charge in [-0.2, -0.15) is 5.10 Å². The minimum Gasteiger partial charge on any atom is -0.455 e. The fourth-order valence-electron chi connectivity index (χ4n) is 4.27. The Bertz CT molecular complexity index is 811. The van der Waals surface area contributed by atoms with E-state index in [9.17, 15) is 9.18 Å². The van der Waals surface area contributed by atoms with Gasteiger partial charge in [-0.25, -0.2) is 9.82 Å². The SMILES string of the molecule is C[C@]12CCCC[C@H]1[C@H]2C(=O)N/N=C\c1ccc(-c2ccc(F)cc2)o1. The summed E-state index contributed by atoms with van der Waals surface area (Å²) >= 11 is 0. The van der Waals surface area contributed by atoms with Gasteiger partial charge in [0, 0.05) is 11.5 Å². The Labute approximate surface area is 146 Å². The molecule has 1 heterocycles. The maximum atomic E-state index is 13.0. The third-order valence-corrected chi connectivity index (χ3v) is 5.74. The first kappa shape index (κ1) is 16.1. The molecule has 1 amide bonds. The van der Waals surface area contributed by atoms with Gasteiger partial charge in [-0.3, -0.25) is 4.79 Å². The van der Waals surface area contributed by atoms with Crippen LogP contribution in [0.3, 0.4) is 0 Å². The molecule has 2 fully saturated rings. The summed E-state index contributed by atoms with van der Waals surface area (Å²) in [6, 6.07) is 9.67. The second-order valence-corrected chi connectivity index (χ2v) is 7.28. The highest BCUT2D eigenvalue weighted by Crippen LogP contribution is 2.66. The molecule has 5 heteroatoms.